The van der Waals surface area contributed by atoms with Gasteiger partial charge in [0.1, 0.15) is 12.2 Å². The second-order valence-electron chi connectivity index (χ2n) is 3.99. The number of hydrogen-bond acceptors (Lipinski definition) is 6. The highest BCUT2D eigenvalue weighted by molar-refractivity contribution is 7.51. The van der Waals surface area contributed by atoms with Gasteiger partial charge in [0.15, 0.2) is 0 Å². The molecule has 0 aliphatic carbocycles. The van der Waals surface area contributed by atoms with Crippen LogP contribution in [0.15, 0.2) is 17.4 Å². The van der Waals surface area contributed by atoms with Gasteiger partial charge >= 0.3 is 7.60 Å². The fourth-order valence-electron chi connectivity index (χ4n) is 1.52. The molecule has 6 N–H and O–H groups in total. The number of allylic oxidation sites excluding steroid dienone is 1. The minimum atomic E-state index is -4.23. The van der Waals surface area contributed by atoms with Gasteiger partial charge in [0.25, 0.3) is 5.56 Å². The highest BCUT2D eigenvalue weighted by atomic mass is 31.2. The van der Waals surface area contributed by atoms with Gasteiger partial charge in [0, 0.05) is 0 Å². The highest BCUT2D eigenvalue weighted by Gasteiger charge is 2.14. The molecule has 0 saturated heterocycles. The number of nitrogens with two attached hydrogens (primary N) is 2. The van der Waals surface area contributed by atoms with Crippen LogP contribution in [-0.2, 0) is 22.3 Å². The van der Waals surface area contributed by atoms with Crippen LogP contribution in [0, 0.1) is 0 Å². The lowest BCUT2D eigenvalue weighted by Crippen LogP contribution is -2.30. The summed E-state index contributed by atoms with van der Waals surface area (Å²) in [5.41, 5.74) is 11.0. The molecule has 20 heavy (non-hydrogen) atoms. The normalized spacial score (nSPS) is 11.5. The second kappa shape index (κ2) is 6.67. The summed E-state index contributed by atoms with van der Waals surface area (Å²) < 4.78 is 16.5. The standard InChI is InChI=1S/C10H17N4O5P/c1-2-3-7-8(11)13-10(12)14(9(7)15)4-5-19-6-20(16,17)18/h2H,1,3-6,11H2,(H2,12,13)(H2,16,17,18). The molecule has 1 heterocycles. The lowest BCUT2D eigenvalue weighted by atomic mass is 10.2. The van der Waals surface area contributed by atoms with Gasteiger partial charge in [-0.25, -0.2) is 0 Å². The van der Waals surface area contributed by atoms with Gasteiger partial charge in [-0.3, -0.25) is 13.9 Å². The first-order chi connectivity index (χ1) is 9.26. The first-order valence-corrected chi connectivity index (χ1v) is 7.44. The van der Waals surface area contributed by atoms with Crippen LogP contribution in [0.4, 0.5) is 11.8 Å². The van der Waals surface area contributed by atoms with Crippen LogP contribution in [0.1, 0.15) is 5.56 Å². The maximum absolute atomic E-state index is 12.1. The van der Waals surface area contributed by atoms with E-state index in [9.17, 15) is 9.36 Å². The molecule has 0 bridgehead atoms. The van der Waals surface area contributed by atoms with Crippen molar-refractivity contribution in [1.29, 1.82) is 0 Å². The predicted octanol–water partition coefficient (Wildman–Crippen LogP) is -0.712. The number of aromatic nitrogens is 2. The lowest BCUT2D eigenvalue weighted by molar-refractivity contribution is 0.148. The third-order valence-corrected chi connectivity index (χ3v) is 2.91. The molecule has 0 aliphatic heterocycles. The van der Waals surface area contributed by atoms with Crippen LogP contribution in [0.5, 0.6) is 0 Å². The molecule has 9 nitrogen and oxygen atoms in total. The van der Waals surface area contributed by atoms with Crippen LogP contribution in [0.25, 0.3) is 0 Å². The predicted molar refractivity (Wildman–Crippen MR) is 74.1 cm³/mol. The van der Waals surface area contributed by atoms with E-state index in [0.29, 0.717) is 0 Å². The molecule has 0 radical (unpaired) electrons. The largest absolute Gasteiger partial charge is 0.383 e. The zero-order chi connectivity index (χ0) is 15.3. The van der Waals surface area contributed by atoms with Crippen molar-refractivity contribution in [2.45, 2.75) is 13.0 Å². The van der Waals surface area contributed by atoms with Crippen LogP contribution >= 0.6 is 7.60 Å². The number of nitrogens with zero attached hydrogens (tertiary/aromatic N) is 2. The van der Waals surface area contributed by atoms with E-state index in [0.717, 1.165) is 4.57 Å². The first kappa shape index (κ1) is 16.4. The molecule has 1 aromatic heterocycles. The molecule has 0 atom stereocenters. The Labute approximate surface area is 115 Å². The van der Waals surface area contributed by atoms with Gasteiger partial charge < -0.3 is 26.0 Å². The Morgan fingerprint density at radius 1 is 1.45 bits per heavy atom. The Kier molecular flexibility index (Phi) is 5.46. The Balaban J connectivity index is 2.85. The Bertz CT molecular complexity index is 594. The summed E-state index contributed by atoms with van der Waals surface area (Å²) in [5, 5.41) is 0. The van der Waals surface area contributed by atoms with E-state index >= 15 is 0 Å². The smallest absolute Gasteiger partial charge is 0.350 e. The van der Waals surface area contributed by atoms with Crippen LogP contribution in [-0.4, -0.2) is 32.3 Å². The van der Waals surface area contributed by atoms with Crippen molar-refractivity contribution in [3.05, 3.63) is 28.6 Å². The zero-order valence-corrected chi connectivity index (χ0v) is 11.6. The minimum Gasteiger partial charge on any atom is -0.383 e. The summed E-state index contributed by atoms with van der Waals surface area (Å²) >= 11 is 0. The van der Waals surface area contributed by atoms with Crippen LogP contribution in [0.3, 0.4) is 0 Å². The van der Waals surface area contributed by atoms with Crippen molar-refractivity contribution < 1.29 is 19.1 Å². The molecular weight excluding hydrogens is 287 g/mol. The summed E-state index contributed by atoms with van der Waals surface area (Å²) in [7, 11) is -4.23. The van der Waals surface area contributed by atoms with Gasteiger partial charge in [-0.05, 0) is 6.42 Å². The quantitative estimate of drug-likeness (QED) is 0.292. The van der Waals surface area contributed by atoms with E-state index in [2.05, 4.69) is 11.6 Å². The minimum absolute atomic E-state index is 0.0160. The molecule has 0 unspecified atom stereocenters. The van der Waals surface area contributed by atoms with Crippen molar-refractivity contribution >= 4 is 19.4 Å². The average Bonchev–Trinajstić information content (AvgIpc) is 2.32. The Morgan fingerprint density at radius 3 is 2.65 bits per heavy atom. The van der Waals surface area contributed by atoms with E-state index in [1.165, 1.54) is 6.08 Å². The highest BCUT2D eigenvalue weighted by Crippen LogP contribution is 2.33. The Hall–Kier alpha value is -1.67. The maximum atomic E-state index is 12.1. The van der Waals surface area contributed by atoms with Gasteiger partial charge in [-0.15, -0.1) is 6.58 Å². The summed E-state index contributed by atoms with van der Waals surface area (Å²) in [4.78, 5) is 33.2. The van der Waals surface area contributed by atoms with Crippen molar-refractivity contribution in [2.75, 3.05) is 24.4 Å². The topological polar surface area (TPSA) is 154 Å². The van der Waals surface area contributed by atoms with Gasteiger partial charge in [0.2, 0.25) is 5.95 Å². The summed E-state index contributed by atoms with van der Waals surface area (Å²) in [5.74, 6) is -0.0418. The van der Waals surface area contributed by atoms with Crippen LogP contribution < -0.4 is 17.0 Å². The molecule has 0 fully saturated rings. The molecule has 10 heteroatoms. The van der Waals surface area contributed by atoms with Crippen molar-refractivity contribution in [3.63, 3.8) is 0 Å². The van der Waals surface area contributed by atoms with E-state index < -0.39 is 19.5 Å². The van der Waals surface area contributed by atoms with E-state index in [-0.39, 0.29) is 36.9 Å². The van der Waals surface area contributed by atoms with Gasteiger partial charge in [-0.1, -0.05) is 6.08 Å². The molecule has 0 saturated carbocycles. The number of ether oxygens (including phenoxy) is 1. The van der Waals surface area contributed by atoms with E-state index in [4.69, 9.17) is 26.0 Å². The molecule has 0 spiro atoms. The third kappa shape index (κ3) is 4.46. The van der Waals surface area contributed by atoms with E-state index in [1.54, 1.807) is 0 Å². The molecule has 0 amide bonds. The van der Waals surface area contributed by atoms with Gasteiger partial charge in [-0.2, -0.15) is 4.98 Å². The second-order valence-corrected chi connectivity index (χ2v) is 5.57. The molecule has 0 aliphatic rings. The molecule has 1 rings (SSSR count). The summed E-state index contributed by atoms with van der Waals surface area (Å²) in [6.07, 6.45) is 1.05. The maximum Gasteiger partial charge on any atom is 0.350 e. The molecule has 112 valence electrons. The fourth-order valence-corrected chi connectivity index (χ4v) is 1.89. The van der Waals surface area contributed by atoms with Crippen molar-refractivity contribution in [3.8, 4) is 0 Å². The average molecular weight is 304 g/mol. The first-order valence-electron chi connectivity index (χ1n) is 5.64. The summed E-state index contributed by atoms with van der Waals surface area (Å²) in [6, 6.07) is 0. The lowest BCUT2D eigenvalue weighted by Gasteiger charge is -2.12. The number of hydrogen-bond donors (Lipinski definition) is 4. The van der Waals surface area contributed by atoms with Gasteiger partial charge in [0.05, 0.1) is 18.7 Å². The molecule has 0 aromatic carbocycles. The fraction of sp³-hybridized carbons (Fsp3) is 0.400. The monoisotopic (exact) mass is 304 g/mol. The SMILES string of the molecule is C=CCc1c(N)nc(N)n(CCOCP(=O)(O)O)c1=O. The van der Waals surface area contributed by atoms with E-state index in [1.807, 2.05) is 0 Å². The zero-order valence-electron chi connectivity index (χ0n) is 10.7. The molecule has 1 aromatic rings. The Morgan fingerprint density at radius 2 is 2.10 bits per heavy atom. The number of rotatable bonds is 7. The van der Waals surface area contributed by atoms with Crippen molar-refractivity contribution in [1.82, 2.24) is 9.55 Å². The summed E-state index contributed by atoms with van der Waals surface area (Å²) in [6.45, 7) is 3.45. The molecular formula is C10H17N4O5P. The van der Waals surface area contributed by atoms with Crippen molar-refractivity contribution in [2.24, 2.45) is 0 Å². The number of nitrogen functional groups attached to an aromatic ring is 2. The number of anilines is 2. The van der Waals surface area contributed by atoms with Crippen LogP contribution in [0.2, 0.25) is 0 Å². The third-order valence-electron chi connectivity index (χ3n) is 2.39.